The third kappa shape index (κ3) is 5.31. The molecule has 1 amide bonds. The van der Waals surface area contributed by atoms with Crippen LogP contribution in [0.5, 0.6) is 0 Å². The summed E-state index contributed by atoms with van der Waals surface area (Å²) in [6, 6.07) is 7.84. The van der Waals surface area contributed by atoms with Crippen molar-refractivity contribution in [1.29, 1.82) is 0 Å². The Morgan fingerprint density at radius 1 is 1.17 bits per heavy atom. The SMILES string of the molecule is COCCCNc1ncc(C(=O)Nc2ccc(C(C)C)cc2)cn1. The second-order valence-electron chi connectivity index (χ2n) is 5.80. The first-order valence-electron chi connectivity index (χ1n) is 8.06. The van der Waals surface area contributed by atoms with Crippen molar-refractivity contribution < 1.29 is 9.53 Å². The number of anilines is 2. The van der Waals surface area contributed by atoms with Crippen molar-refractivity contribution in [3.05, 3.63) is 47.8 Å². The molecule has 1 heterocycles. The predicted molar refractivity (Wildman–Crippen MR) is 95.5 cm³/mol. The van der Waals surface area contributed by atoms with Gasteiger partial charge in [0.2, 0.25) is 5.95 Å². The number of nitrogens with one attached hydrogen (secondary N) is 2. The van der Waals surface area contributed by atoms with Gasteiger partial charge in [0.05, 0.1) is 5.56 Å². The zero-order valence-electron chi connectivity index (χ0n) is 14.4. The molecule has 1 aromatic heterocycles. The highest BCUT2D eigenvalue weighted by molar-refractivity contribution is 6.03. The molecule has 1 aromatic carbocycles. The summed E-state index contributed by atoms with van der Waals surface area (Å²) in [5.74, 6) is 0.745. The summed E-state index contributed by atoms with van der Waals surface area (Å²) < 4.78 is 4.97. The van der Waals surface area contributed by atoms with Gasteiger partial charge >= 0.3 is 0 Å². The van der Waals surface area contributed by atoms with E-state index in [9.17, 15) is 4.79 Å². The highest BCUT2D eigenvalue weighted by Gasteiger charge is 2.08. The van der Waals surface area contributed by atoms with E-state index in [1.165, 1.54) is 18.0 Å². The Hall–Kier alpha value is -2.47. The van der Waals surface area contributed by atoms with E-state index in [0.717, 1.165) is 18.7 Å². The number of methoxy groups -OCH3 is 1. The molecule has 0 unspecified atom stereocenters. The quantitative estimate of drug-likeness (QED) is 0.727. The summed E-state index contributed by atoms with van der Waals surface area (Å²) in [6.07, 6.45) is 3.90. The third-order valence-corrected chi connectivity index (χ3v) is 3.56. The summed E-state index contributed by atoms with van der Waals surface area (Å²) in [4.78, 5) is 20.5. The van der Waals surface area contributed by atoms with Crippen LogP contribution < -0.4 is 10.6 Å². The van der Waals surface area contributed by atoms with Gasteiger partial charge in [-0.2, -0.15) is 0 Å². The van der Waals surface area contributed by atoms with Gasteiger partial charge in [-0.1, -0.05) is 26.0 Å². The number of rotatable bonds is 8. The molecule has 24 heavy (non-hydrogen) atoms. The van der Waals surface area contributed by atoms with E-state index in [4.69, 9.17) is 4.74 Å². The van der Waals surface area contributed by atoms with Gasteiger partial charge in [-0.3, -0.25) is 4.79 Å². The van der Waals surface area contributed by atoms with Crippen LogP contribution in [-0.2, 0) is 4.74 Å². The molecule has 2 aromatic rings. The van der Waals surface area contributed by atoms with Gasteiger partial charge in [-0.25, -0.2) is 9.97 Å². The fraction of sp³-hybridized carbons (Fsp3) is 0.389. The van der Waals surface area contributed by atoms with Crippen LogP contribution in [0.4, 0.5) is 11.6 Å². The van der Waals surface area contributed by atoms with Gasteiger partial charge in [0.15, 0.2) is 0 Å². The molecule has 0 saturated carbocycles. The van der Waals surface area contributed by atoms with E-state index >= 15 is 0 Å². The normalized spacial score (nSPS) is 10.7. The minimum Gasteiger partial charge on any atom is -0.385 e. The molecule has 0 aliphatic carbocycles. The van der Waals surface area contributed by atoms with Gasteiger partial charge in [0, 0.05) is 38.3 Å². The zero-order chi connectivity index (χ0) is 17.4. The van der Waals surface area contributed by atoms with Crippen molar-refractivity contribution in [2.24, 2.45) is 0 Å². The van der Waals surface area contributed by atoms with Gasteiger partial charge in [0.25, 0.3) is 5.91 Å². The lowest BCUT2D eigenvalue weighted by Crippen LogP contribution is -2.14. The van der Waals surface area contributed by atoms with Crippen LogP contribution in [0.25, 0.3) is 0 Å². The van der Waals surface area contributed by atoms with Gasteiger partial charge in [0.1, 0.15) is 0 Å². The Labute approximate surface area is 142 Å². The molecule has 0 aliphatic rings. The van der Waals surface area contributed by atoms with Crippen LogP contribution in [0.1, 0.15) is 42.1 Å². The summed E-state index contributed by atoms with van der Waals surface area (Å²) >= 11 is 0. The molecule has 0 radical (unpaired) electrons. The zero-order valence-corrected chi connectivity index (χ0v) is 14.4. The Morgan fingerprint density at radius 3 is 2.42 bits per heavy atom. The van der Waals surface area contributed by atoms with E-state index in [1.807, 2.05) is 24.3 Å². The molecule has 0 saturated heterocycles. The maximum Gasteiger partial charge on any atom is 0.258 e. The van der Waals surface area contributed by atoms with Crippen molar-refractivity contribution >= 4 is 17.5 Å². The van der Waals surface area contributed by atoms with Crippen molar-refractivity contribution in [3.8, 4) is 0 Å². The molecule has 0 atom stereocenters. The van der Waals surface area contributed by atoms with Crippen LogP contribution in [0.15, 0.2) is 36.7 Å². The summed E-state index contributed by atoms with van der Waals surface area (Å²) in [6.45, 7) is 5.68. The fourth-order valence-corrected chi connectivity index (χ4v) is 2.11. The Balaban J connectivity index is 1.90. The Morgan fingerprint density at radius 2 is 1.83 bits per heavy atom. The molecule has 0 aliphatic heterocycles. The molecule has 2 rings (SSSR count). The van der Waals surface area contributed by atoms with E-state index in [1.54, 1.807) is 7.11 Å². The molecule has 0 spiro atoms. The Kier molecular flexibility index (Phi) is 6.69. The monoisotopic (exact) mass is 328 g/mol. The molecular formula is C18H24N4O2. The second-order valence-corrected chi connectivity index (χ2v) is 5.80. The number of hydrogen-bond acceptors (Lipinski definition) is 5. The number of amides is 1. The molecular weight excluding hydrogens is 304 g/mol. The minimum atomic E-state index is -0.224. The maximum atomic E-state index is 12.2. The van der Waals surface area contributed by atoms with Crippen LogP contribution in [0, 0.1) is 0 Å². The van der Waals surface area contributed by atoms with Crippen molar-refractivity contribution in [2.75, 3.05) is 30.9 Å². The van der Waals surface area contributed by atoms with Crippen LogP contribution in [0.3, 0.4) is 0 Å². The lowest BCUT2D eigenvalue weighted by atomic mass is 10.0. The topological polar surface area (TPSA) is 76.1 Å². The first-order chi connectivity index (χ1) is 11.6. The number of carbonyl (C=O) groups is 1. The standard InChI is InChI=1S/C18H24N4O2/c1-13(2)14-5-7-16(8-6-14)22-17(23)15-11-20-18(21-12-15)19-9-4-10-24-3/h5-8,11-13H,4,9-10H2,1-3H3,(H,22,23)(H,19,20,21). The number of carbonyl (C=O) groups excluding carboxylic acids is 1. The number of ether oxygens (including phenoxy) is 1. The first-order valence-corrected chi connectivity index (χ1v) is 8.06. The van der Waals surface area contributed by atoms with Gasteiger partial charge in [-0.05, 0) is 30.0 Å². The van der Waals surface area contributed by atoms with Gasteiger partial charge < -0.3 is 15.4 Å². The highest BCUT2D eigenvalue weighted by Crippen LogP contribution is 2.17. The van der Waals surface area contributed by atoms with E-state index in [0.29, 0.717) is 24.0 Å². The highest BCUT2D eigenvalue weighted by atomic mass is 16.5. The molecule has 0 fully saturated rings. The number of hydrogen-bond donors (Lipinski definition) is 2. The fourth-order valence-electron chi connectivity index (χ4n) is 2.11. The molecule has 128 valence electrons. The largest absolute Gasteiger partial charge is 0.385 e. The van der Waals surface area contributed by atoms with Crippen LogP contribution >= 0.6 is 0 Å². The molecule has 2 N–H and O–H groups in total. The summed E-state index contributed by atoms with van der Waals surface area (Å²) in [5.41, 5.74) is 2.41. The minimum absolute atomic E-state index is 0.224. The van der Waals surface area contributed by atoms with Gasteiger partial charge in [-0.15, -0.1) is 0 Å². The smallest absolute Gasteiger partial charge is 0.258 e. The van der Waals surface area contributed by atoms with Crippen LogP contribution in [-0.4, -0.2) is 36.1 Å². The third-order valence-electron chi connectivity index (χ3n) is 3.56. The average Bonchev–Trinajstić information content (AvgIpc) is 2.59. The Bertz CT molecular complexity index is 639. The first kappa shape index (κ1) is 17.9. The molecule has 0 bridgehead atoms. The van der Waals surface area contributed by atoms with E-state index in [-0.39, 0.29) is 5.91 Å². The molecule has 6 heteroatoms. The number of nitrogens with zero attached hydrogens (tertiary/aromatic N) is 2. The van der Waals surface area contributed by atoms with Crippen molar-refractivity contribution in [2.45, 2.75) is 26.2 Å². The second kappa shape index (κ2) is 8.98. The van der Waals surface area contributed by atoms with E-state index in [2.05, 4.69) is 34.4 Å². The average molecular weight is 328 g/mol. The maximum absolute atomic E-state index is 12.2. The lowest BCUT2D eigenvalue weighted by Gasteiger charge is -2.09. The van der Waals surface area contributed by atoms with Crippen LogP contribution in [0.2, 0.25) is 0 Å². The van der Waals surface area contributed by atoms with E-state index < -0.39 is 0 Å². The summed E-state index contributed by atoms with van der Waals surface area (Å²) in [7, 11) is 1.67. The number of benzene rings is 1. The number of aromatic nitrogens is 2. The summed E-state index contributed by atoms with van der Waals surface area (Å²) in [5, 5.41) is 5.93. The molecule has 6 nitrogen and oxygen atoms in total. The van der Waals surface area contributed by atoms with Crippen molar-refractivity contribution in [3.63, 3.8) is 0 Å². The van der Waals surface area contributed by atoms with Crippen molar-refractivity contribution in [1.82, 2.24) is 9.97 Å². The predicted octanol–water partition coefficient (Wildman–Crippen LogP) is 3.30. The lowest BCUT2D eigenvalue weighted by molar-refractivity contribution is 0.102.